The first-order valence-corrected chi connectivity index (χ1v) is 6.61. The fourth-order valence-corrected chi connectivity index (χ4v) is 2.26. The normalized spacial score (nSPS) is 10.8. The van der Waals surface area contributed by atoms with Gasteiger partial charge in [0.05, 0.1) is 13.1 Å². The van der Waals surface area contributed by atoms with Crippen molar-refractivity contribution < 1.29 is 0 Å². The lowest BCUT2D eigenvalue weighted by molar-refractivity contribution is 0.639. The van der Waals surface area contributed by atoms with Crippen molar-refractivity contribution in [2.75, 3.05) is 6.54 Å². The highest BCUT2D eigenvalue weighted by molar-refractivity contribution is 6.35. The van der Waals surface area contributed by atoms with Crippen LogP contribution in [0.2, 0.25) is 10.0 Å². The van der Waals surface area contributed by atoms with E-state index in [1.165, 1.54) is 0 Å². The fraction of sp³-hybridized carbons (Fsp3) is 0.308. The monoisotopic (exact) mass is 283 g/mol. The van der Waals surface area contributed by atoms with Crippen LogP contribution in [-0.2, 0) is 13.1 Å². The first-order valence-electron chi connectivity index (χ1n) is 5.86. The van der Waals surface area contributed by atoms with Crippen LogP contribution in [0.4, 0.5) is 0 Å². The van der Waals surface area contributed by atoms with Crippen LogP contribution in [-0.4, -0.2) is 16.1 Å². The number of imidazole rings is 1. The summed E-state index contributed by atoms with van der Waals surface area (Å²) in [5.41, 5.74) is 0.927. The highest BCUT2D eigenvalue weighted by atomic mass is 35.5. The van der Waals surface area contributed by atoms with E-state index in [9.17, 15) is 0 Å². The molecular weight excluding hydrogens is 269 g/mol. The lowest BCUT2D eigenvalue weighted by Crippen LogP contribution is -2.16. The van der Waals surface area contributed by atoms with Gasteiger partial charge in [-0.15, -0.1) is 0 Å². The number of hydrogen-bond acceptors (Lipinski definition) is 2. The molecule has 1 aromatic carbocycles. The number of aromatic nitrogens is 2. The van der Waals surface area contributed by atoms with Crippen LogP contribution < -0.4 is 5.32 Å². The van der Waals surface area contributed by atoms with Gasteiger partial charge in [0.2, 0.25) is 0 Å². The minimum Gasteiger partial charge on any atom is -0.329 e. The van der Waals surface area contributed by atoms with Crippen molar-refractivity contribution in [3.05, 3.63) is 52.0 Å². The molecule has 2 rings (SSSR count). The molecule has 2 aromatic rings. The molecule has 0 saturated carbocycles. The van der Waals surface area contributed by atoms with Gasteiger partial charge >= 0.3 is 0 Å². The first kappa shape index (κ1) is 13.4. The van der Waals surface area contributed by atoms with Crippen molar-refractivity contribution >= 4 is 23.2 Å². The number of nitrogens with one attached hydrogen (secondary N) is 1. The summed E-state index contributed by atoms with van der Waals surface area (Å²) in [5, 5.41) is 4.63. The molecular formula is C13H15Cl2N3. The summed E-state index contributed by atoms with van der Waals surface area (Å²) < 4.78 is 2.05. The van der Waals surface area contributed by atoms with Crippen molar-refractivity contribution in [2.24, 2.45) is 0 Å². The zero-order chi connectivity index (χ0) is 13.0. The number of rotatable bonds is 5. The van der Waals surface area contributed by atoms with Gasteiger partial charge in [-0.25, -0.2) is 4.98 Å². The predicted octanol–water partition coefficient (Wildman–Crippen LogP) is 3.35. The molecule has 0 aliphatic carbocycles. The molecule has 0 aliphatic heterocycles. The summed E-state index contributed by atoms with van der Waals surface area (Å²) in [6.45, 7) is 4.36. The number of hydrogen-bond donors (Lipinski definition) is 1. The number of benzene rings is 1. The summed E-state index contributed by atoms with van der Waals surface area (Å²) >= 11 is 12.3. The Hall–Kier alpha value is -1.03. The molecule has 0 spiro atoms. The maximum absolute atomic E-state index is 6.17. The van der Waals surface area contributed by atoms with Crippen molar-refractivity contribution in [1.29, 1.82) is 0 Å². The topological polar surface area (TPSA) is 29.9 Å². The fourth-order valence-electron chi connectivity index (χ4n) is 1.74. The molecule has 0 fully saturated rings. The van der Waals surface area contributed by atoms with Crippen LogP contribution in [0, 0.1) is 0 Å². The van der Waals surface area contributed by atoms with Gasteiger partial charge in [-0.2, -0.15) is 0 Å². The van der Waals surface area contributed by atoms with Gasteiger partial charge in [-0.3, -0.25) is 0 Å². The highest BCUT2D eigenvalue weighted by Crippen LogP contribution is 2.25. The van der Waals surface area contributed by atoms with E-state index in [1.807, 2.05) is 24.4 Å². The Morgan fingerprint density at radius 3 is 2.67 bits per heavy atom. The zero-order valence-corrected chi connectivity index (χ0v) is 11.7. The van der Waals surface area contributed by atoms with Crippen molar-refractivity contribution in [1.82, 2.24) is 14.9 Å². The van der Waals surface area contributed by atoms with Gasteiger partial charge in [0.15, 0.2) is 0 Å². The highest BCUT2D eigenvalue weighted by Gasteiger charge is 2.08. The van der Waals surface area contributed by atoms with Crippen LogP contribution in [0.1, 0.15) is 18.3 Å². The van der Waals surface area contributed by atoms with Crippen molar-refractivity contribution in [3.8, 4) is 0 Å². The van der Waals surface area contributed by atoms with Gasteiger partial charge < -0.3 is 9.88 Å². The summed E-state index contributed by atoms with van der Waals surface area (Å²) in [4.78, 5) is 4.32. The van der Waals surface area contributed by atoms with E-state index >= 15 is 0 Å². The van der Waals surface area contributed by atoms with Crippen LogP contribution >= 0.6 is 23.2 Å². The Bertz CT molecular complexity index is 502. The first-order chi connectivity index (χ1) is 8.72. The van der Waals surface area contributed by atoms with E-state index in [4.69, 9.17) is 23.2 Å². The van der Waals surface area contributed by atoms with Crippen LogP contribution in [0.3, 0.4) is 0 Å². The lowest BCUT2D eigenvalue weighted by Gasteiger charge is -2.11. The zero-order valence-electron chi connectivity index (χ0n) is 10.2. The molecule has 96 valence electrons. The summed E-state index contributed by atoms with van der Waals surface area (Å²) in [7, 11) is 0. The molecule has 3 nitrogen and oxygen atoms in total. The Morgan fingerprint density at radius 1 is 1.28 bits per heavy atom. The molecule has 0 amide bonds. The SMILES string of the molecule is CCNCc1nccn1Cc1c(Cl)cccc1Cl. The third kappa shape index (κ3) is 3.05. The third-order valence-electron chi connectivity index (χ3n) is 2.72. The predicted molar refractivity (Wildman–Crippen MR) is 75.2 cm³/mol. The van der Waals surface area contributed by atoms with Gasteiger partial charge in [-0.05, 0) is 18.7 Å². The van der Waals surface area contributed by atoms with Crippen LogP contribution in [0.25, 0.3) is 0 Å². The molecule has 0 aliphatic rings. The molecule has 0 bridgehead atoms. The number of nitrogens with zero attached hydrogens (tertiary/aromatic N) is 2. The Kier molecular flexibility index (Phi) is 4.64. The lowest BCUT2D eigenvalue weighted by atomic mass is 10.2. The van der Waals surface area contributed by atoms with E-state index in [0.717, 1.165) is 24.5 Å². The van der Waals surface area contributed by atoms with Gasteiger partial charge in [0.25, 0.3) is 0 Å². The summed E-state index contributed by atoms with van der Waals surface area (Å²) in [6.07, 6.45) is 3.73. The van der Waals surface area contributed by atoms with Gasteiger partial charge in [-0.1, -0.05) is 36.2 Å². The average Bonchev–Trinajstić information content (AvgIpc) is 2.79. The quantitative estimate of drug-likeness (QED) is 0.912. The Labute approximate surface area is 117 Å². The summed E-state index contributed by atoms with van der Waals surface area (Å²) in [5.74, 6) is 0.979. The van der Waals surface area contributed by atoms with E-state index in [-0.39, 0.29) is 0 Å². The van der Waals surface area contributed by atoms with E-state index in [2.05, 4.69) is 21.8 Å². The second-order valence-electron chi connectivity index (χ2n) is 3.95. The Morgan fingerprint density at radius 2 is 2.00 bits per heavy atom. The van der Waals surface area contributed by atoms with Crippen LogP contribution in [0.15, 0.2) is 30.6 Å². The van der Waals surface area contributed by atoms with Gasteiger partial charge in [0, 0.05) is 28.0 Å². The maximum atomic E-state index is 6.17. The van der Waals surface area contributed by atoms with Gasteiger partial charge in [0.1, 0.15) is 5.82 Å². The molecule has 0 unspecified atom stereocenters. The van der Waals surface area contributed by atoms with Crippen molar-refractivity contribution in [3.63, 3.8) is 0 Å². The molecule has 1 N–H and O–H groups in total. The second-order valence-corrected chi connectivity index (χ2v) is 4.77. The third-order valence-corrected chi connectivity index (χ3v) is 3.43. The molecule has 18 heavy (non-hydrogen) atoms. The van der Waals surface area contributed by atoms with Crippen molar-refractivity contribution in [2.45, 2.75) is 20.0 Å². The average molecular weight is 284 g/mol. The van der Waals surface area contributed by atoms with E-state index < -0.39 is 0 Å². The summed E-state index contributed by atoms with van der Waals surface area (Å²) in [6, 6.07) is 5.55. The second kappa shape index (κ2) is 6.23. The Balaban J connectivity index is 2.21. The van der Waals surface area contributed by atoms with Crippen LogP contribution in [0.5, 0.6) is 0 Å². The number of halogens is 2. The minimum atomic E-state index is 0.638. The molecule has 1 aromatic heterocycles. The van der Waals surface area contributed by atoms with E-state index in [1.54, 1.807) is 6.20 Å². The smallest absolute Gasteiger partial charge is 0.122 e. The maximum Gasteiger partial charge on any atom is 0.122 e. The minimum absolute atomic E-state index is 0.638. The molecule has 1 heterocycles. The molecule has 0 atom stereocenters. The standard InChI is InChI=1S/C13H15Cl2N3/c1-2-16-8-13-17-6-7-18(13)9-10-11(14)4-3-5-12(10)15/h3-7,16H,2,8-9H2,1H3. The molecule has 0 radical (unpaired) electrons. The largest absolute Gasteiger partial charge is 0.329 e. The van der Waals surface area contributed by atoms with E-state index in [0.29, 0.717) is 16.6 Å². The molecule has 5 heteroatoms. The molecule has 0 saturated heterocycles.